The summed E-state index contributed by atoms with van der Waals surface area (Å²) in [6.07, 6.45) is -3.07. The van der Waals surface area contributed by atoms with Crippen LogP contribution < -0.4 is 14.7 Å². The van der Waals surface area contributed by atoms with Crippen LogP contribution in [0.2, 0.25) is 5.02 Å². The van der Waals surface area contributed by atoms with E-state index in [4.69, 9.17) is 11.6 Å². The average Bonchev–Trinajstić information content (AvgIpc) is 2.84. The predicted octanol–water partition coefficient (Wildman–Crippen LogP) is 4.78. The summed E-state index contributed by atoms with van der Waals surface area (Å²) in [6, 6.07) is 9.67. The number of halogens is 4. The van der Waals surface area contributed by atoms with Crippen LogP contribution in [0.4, 0.5) is 30.9 Å². The first-order chi connectivity index (χ1) is 16.3. The van der Waals surface area contributed by atoms with Crippen LogP contribution in [-0.2, 0) is 6.18 Å². The third kappa shape index (κ3) is 5.16. The van der Waals surface area contributed by atoms with Gasteiger partial charge in [-0.3, -0.25) is 0 Å². The van der Waals surface area contributed by atoms with E-state index in [-0.39, 0.29) is 5.82 Å². The first-order valence-electron chi connectivity index (χ1n) is 11.1. The second-order valence-corrected chi connectivity index (χ2v) is 8.22. The van der Waals surface area contributed by atoms with Crippen LogP contribution in [0, 0.1) is 0 Å². The van der Waals surface area contributed by atoms with Gasteiger partial charge in [-0.1, -0.05) is 23.7 Å². The number of hydrogen-bond acceptors (Lipinski definition) is 7. The summed E-state index contributed by atoms with van der Waals surface area (Å²) in [5.41, 5.74) is 0.0437. The second-order valence-electron chi connectivity index (χ2n) is 7.79. The van der Waals surface area contributed by atoms with Crippen molar-refractivity contribution < 1.29 is 13.2 Å². The van der Waals surface area contributed by atoms with Crippen LogP contribution in [0.5, 0.6) is 0 Å². The van der Waals surface area contributed by atoms with Gasteiger partial charge in [-0.2, -0.15) is 28.1 Å². The van der Waals surface area contributed by atoms with Gasteiger partial charge in [0.15, 0.2) is 5.82 Å². The Hall–Kier alpha value is -3.14. The molecule has 1 saturated heterocycles. The number of rotatable bonds is 6. The Morgan fingerprint density at radius 2 is 1.65 bits per heavy atom. The summed E-state index contributed by atoms with van der Waals surface area (Å²) in [5.74, 6) is 1.50. The highest BCUT2D eigenvalue weighted by Gasteiger charge is 2.36. The summed E-state index contributed by atoms with van der Waals surface area (Å²) in [7, 11) is 0. The van der Waals surface area contributed by atoms with Gasteiger partial charge in [-0.25, -0.2) is 4.98 Å². The van der Waals surface area contributed by atoms with Gasteiger partial charge in [-0.15, -0.1) is 0 Å². The maximum absolute atomic E-state index is 13.4. The van der Waals surface area contributed by atoms with Gasteiger partial charge in [0.25, 0.3) is 0 Å². The first kappa shape index (κ1) is 24.0. The van der Waals surface area contributed by atoms with Gasteiger partial charge in [0, 0.05) is 56.1 Å². The molecule has 3 heterocycles. The molecular weight excluding hydrogens is 467 g/mol. The minimum absolute atomic E-state index is 0.0475. The molecule has 1 fully saturated rings. The van der Waals surface area contributed by atoms with E-state index < -0.39 is 11.7 Å². The highest BCUT2D eigenvalue weighted by atomic mass is 35.5. The molecule has 0 atom stereocenters. The van der Waals surface area contributed by atoms with E-state index >= 15 is 0 Å². The van der Waals surface area contributed by atoms with Crippen LogP contribution in [-0.4, -0.2) is 59.2 Å². The molecular formula is C23H25ClF3N7. The molecule has 34 heavy (non-hydrogen) atoms. The van der Waals surface area contributed by atoms with E-state index in [1.807, 2.05) is 35.8 Å². The molecule has 3 aromatic rings. The normalized spacial score (nSPS) is 14.4. The van der Waals surface area contributed by atoms with Crippen molar-refractivity contribution in [2.75, 3.05) is 54.0 Å². The lowest BCUT2D eigenvalue weighted by Gasteiger charge is -2.36. The van der Waals surface area contributed by atoms with Crippen molar-refractivity contribution in [1.82, 2.24) is 19.9 Å². The van der Waals surface area contributed by atoms with E-state index in [2.05, 4.69) is 19.9 Å². The molecule has 0 saturated carbocycles. The summed E-state index contributed by atoms with van der Waals surface area (Å²) in [6.45, 7) is 7.11. The SMILES string of the molecule is CCN(CC)c1nc(-c2cccc(Cl)c2)nc(N2CCN(c3ncccc3C(F)(F)F)CC2)n1. The van der Waals surface area contributed by atoms with Gasteiger partial charge in [-0.05, 0) is 38.1 Å². The third-order valence-corrected chi connectivity index (χ3v) is 5.93. The molecule has 4 rings (SSSR count). The zero-order chi connectivity index (χ0) is 24.3. The Kier molecular flexibility index (Phi) is 7.06. The lowest BCUT2D eigenvalue weighted by molar-refractivity contribution is -0.137. The van der Waals surface area contributed by atoms with E-state index in [0.29, 0.717) is 48.9 Å². The maximum Gasteiger partial charge on any atom is 0.419 e. The molecule has 1 aliphatic heterocycles. The fraction of sp³-hybridized carbons (Fsp3) is 0.391. The van der Waals surface area contributed by atoms with Crippen LogP contribution in [0.1, 0.15) is 19.4 Å². The molecule has 7 nitrogen and oxygen atoms in total. The Morgan fingerprint density at radius 3 is 2.29 bits per heavy atom. The number of alkyl halides is 3. The molecule has 0 spiro atoms. The zero-order valence-corrected chi connectivity index (χ0v) is 19.7. The Morgan fingerprint density at radius 1 is 0.941 bits per heavy atom. The van der Waals surface area contributed by atoms with E-state index in [1.165, 1.54) is 12.3 Å². The van der Waals surface area contributed by atoms with Crippen molar-refractivity contribution in [3.63, 3.8) is 0 Å². The Balaban J connectivity index is 1.62. The Labute approximate surface area is 201 Å². The number of pyridine rings is 1. The lowest BCUT2D eigenvalue weighted by atomic mass is 10.2. The van der Waals surface area contributed by atoms with Crippen molar-refractivity contribution in [2.24, 2.45) is 0 Å². The Bertz CT molecular complexity index is 1130. The number of aromatic nitrogens is 4. The van der Waals surface area contributed by atoms with Crippen LogP contribution in [0.3, 0.4) is 0 Å². The van der Waals surface area contributed by atoms with Gasteiger partial charge >= 0.3 is 6.18 Å². The van der Waals surface area contributed by atoms with Crippen molar-refractivity contribution in [3.8, 4) is 11.4 Å². The molecule has 1 aliphatic rings. The van der Waals surface area contributed by atoms with Gasteiger partial charge in [0.2, 0.25) is 11.9 Å². The summed E-state index contributed by atoms with van der Waals surface area (Å²) in [4.78, 5) is 23.7. The molecule has 0 aliphatic carbocycles. The number of piperazine rings is 1. The fourth-order valence-electron chi connectivity index (χ4n) is 3.89. The third-order valence-electron chi connectivity index (χ3n) is 5.70. The van der Waals surface area contributed by atoms with E-state index in [0.717, 1.165) is 24.7 Å². The molecule has 0 radical (unpaired) electrons. The summed E-state index contributed by atoms with van der Waals surface area (Å²) < 4.78 is 40.3. The molecule has 0 bridgehead atoms. The van der Waals surface area contributed by atoms with Crippen LogP contribution in [0.15, 0.2) is 42.6 Å². The predicted molar refractivity (Wildman–Crippen MR) is 127 cm³/mol. The molecule has 180 valence electrons. The average molecular weight is 492 g/mol. The molecule has 0 N–H and O–H groups in total. The van der Waals surface area contributed by atoms with Crippen molar-refractivity contribution >= 4 is 29.3 Å². The van der Waals surface area contributed by atoms with Crippen molar-refractivity contribution in [2.45, 2.75) is 20.0 Å². The zero-order valence-electron chi connectivity index (χ0n) is 18.9. The summed E-state index contributed by atoms with van der Waals surface area (Å²) >= 11 is 6.18. The van der Waals surface area contributed by atoms with Crippen LogP contribution >= 0.6 is 11.6 Å². The van der Waals surface area contributed by atoms with Crippen molar-refractivity contribution in [3.05, 3.63) is 53.2 Å². The molecule has 0 amide bonds. The fourth-order valence-corrected chi connectivity index (χ4v) is 4.08. The van der Waals surface area contributed by atoms with E-state index in [9.17, 15) is 13.2 Å². The number of benzene rings is 1. The highest BCUT2D eigenvalue weighted by Crippen LogP contribution is 2.35. The molecule has 1 aromatic carbocycles. The molecule has 0 unspecified atom stereocenters. The maximum atomic E-state index is 13.4. The molecule has 2 aromatic heterocycles. The van der Waals surface area contributed by atoms with Gasteiger partial charge in [0.05, 0.1) is 5.56 Å². The topological polar surface area (TPSA) is 61.3 Å². The monoisotopic (exact) mass is 491 g/mol. The number of nitrogens with zero attached hydrogens (tertiary/aromatic N) is 7. The number of anilines is 3. The van der Waals surface area contributed by atoms with Gasteiger partial charge in [0.1, 0.15) is 5.82 Å². The van der Waals surface area contributed by atoms with Crippen molar-refractivity contribution in [1.29, 1.82) is 0 Å². The molecule has 11 heteroatoms. The van der Waals surface area contributed by atoms with Crippen LogP contribution in [0.25, 0.3) is 11.4 Å². The quantitative estimate of drug-likeness (QED) is 0.492. The number of hydrogen-bond donors (Lipinski definition) is 0. The standard InChI is InChI=1S/C23H25ClF3N7/c1-3-32(4-2)21-29-19(16-7-5-8-17(24)15-16)30-22(31-21)34-13-11-33(12-14-34)20-18(23(25,26)27)9-6-10-28-20/h5-10,15H,3-4,11-14H2,1-2H3. The minimum Gasteiger partial charge on any atom is -0.353 e. The largest absolute Gasteiger partial charge is 0.419 e. The smallest absolute Gasteiger partial charge is 0.353 e. The summed E-state index contributed by atoms with van der Waals surface area (Å²) in [5, 5.41) is 0.577. The second kappa shape index (κ2) is 10.0. The lowest BCUT2D eigenvalue weighted by Crippen LogP contribution is -2.48. The first-order valence-corrected chi connectivity index (χ1v) is 11.5. The van der Waals surface area contributed by atoms with E-state index in [1.54, 1.807) is 17.0 Å². The highest BCUT2D eigenvalue weighted by molar-refractivity contribution is 6.30. The van der Waals surface area contributed by atoms with Gasteiger partial charge < -0.3 is 14.7 Å². The minimum atomic E-state index is -4.46.